The fourth-order valence-corrected chi connectivity index (χ4v) is 3.18. The van der Waals surface area contributed by atoms with Gasteiger partial charge in [0, 0.05) is 18.6 Å². The Balaban J connectivity index is 2.27. The molecule has 2 N–H and O–H groups in total. The van der Waals surface area contributed by atoms with Crippen LogP contribution in [-0.2, 0) is 16.7 Å². The molecule has 1 heterocycles. The van der Waals surface area contributed by atoms with Gasteiger partial charge < -0.3 is 10.5 Å². The van der Waals surface area contributed by atoms with Crippen LogP contribution in [-0.4, -0.2) is 29.5 Å². The molecule has 0 bridgehead atoms. The van der Waals surface area contributed by atoms with Gasteiger partial charge in [-0.2, -0.15) is 5.10 Å². The van der Waals surface area contributed by atoms with Crippen LogP contribution in [0, 0.1) is 0 Å². The highest BCUT2D eigenvalue weighted by molar-refractivity contribution is 6.31. The van der Waals surface area contributed by atoms with Crippen molar-refractivity contribution >= 4 is 11.6 Å². The van der Waals surface area contributed by atoms with Crippen LogP contribution in [0.1, 0.15) is 31.9 Å². The summed E-state index contributed by atoms with van der Waals surface area (Å²) in [5.41, 5.74) is 7.19. The number of methoxy groups -OCH3 is 1. The van der Waals surface area contributed by atoms with E-state index in [2.05, 4.69) is 12.0 Å². The second-order valence-corrected chi connectivity index (χ2v) is 5.53. The van der Waals surface area contributed by atoms with Gasteiger partial charge in [0.15, 0.2) is 0 Å². The van der Waals surface area contributed by atoms with Crippen LogP contribution in [0.4, 0.5) is 0 Å². The smallest absolute Gasteiger partial charge is 0.0823 e. The van der Waals surface area contributed by atoms with Gasteiger partial charge in [0.2, 0.25) is 0 Å². The number of nitrogens with two attached hydrogens (primary N) is 1. The number of halogens is 1. The molecule has 2 rings (SSSR count). The van der Waals surface area contributed by atoms with Crippen LogP contribution in [0.5, 0.6) is 0 Å². The molecular weight excluding hydrogens is 238 g/mol. The van der Waals surface area contributed by atoms with E-state index in [-0.39, 0.29) is 11.5 Å². The molecule has 0 radical (unpaired) electrons. The molecule has 2 unspecified atom stereocenters. The van der Waals surface area contributed by atoms with Crippen molar-refractivity contribution in [2.75, 3.05) is 13.7 Å². The number of aromatic nitrogens is 2. The topological polar surface area (TPSA) is 53.1 Å². The van der Waals surface area contributed by atoms with Crippen molar-refractivity contribution in [3.63, 3.8) is 0 Å². The number of rotatable bonds is 4. The Kier molecular flexibility index (Phi) is 3.76. The van der Waals surface area contributed by atoms with Gasteiger partial charge in [0.25, 0.3) is 0 Å². The first-order valence-electron chi connectivity index (χ1n) is 6.03. The summed E-state index contributed by atoms with van der Waals surface area (Å²) in [5, 5.41) is 5.08. The molecule has 4 nitrogen and oxygen atoms in total. The Morgan fingerprint density at radius 2 is 2.47 bits per heavy atom. The molecule has 1 aliphatic rings. The van der Waals surface area contributed by atoms with E-state index < -0.39 is 0 Å². The van der Waals surface area contributed by atoms with Crippen molar-refractivity contribution in [1.29, 1.82) is 0 Å². The van der Waals surface area contributed by atoms with Crippen LogP contribution in [0.15, 0.2) is 6.20 Å². The molecular formula is C12H20ClN3O. The average molecular weight is 258 g/mol. The molecule has 17 heavy (non-hydrogen) atoms. The van der Waals surface area contributed by atoms with Crippen molar-refractivity contribution in [2.24, 2.45) is 5.73 Å². The van der Waals surface area contributed by atoms with Crippen molar-refractivity contribution < 1.29 is 4.74 Å². The summed E-state index contributed by atoms with van der Waals surface area (Å²) in [6, 6.07) is 0.279. The molecule has 0 amide bonds. The van der Waals surface area contributed by atoms with E-state index in [1.54, 1.807) is 13.3 Å². The lowest BCUT2D eigenvalue weighted by atomic mass is 9.84. The first-order chi connectivity index (χ1) is 8.07. The Hall–Kier alpha value is -0.580. The van der Waals surface area contributed by atoms with Crippen molar-refractivity contribution in [2.45, 2.75) is 44.2 Å². The van der Waals surface area contributed by atoms with E-state index in [9.17, 15) is 0 Å². The van der Waals surface area contributed by atoms with E-state index in [1.807, 2.05) is 4.68 Å². The van der Waals surface area contributed by atoms with Gasteiger partial charge in [0.05, 0.1) is 30.1 Å². The van der Waals surface area contributed by atoms with Crippen LogP contribution in [0.25, 0.3) is 0 Å². The first-order valence-corrected chi connectivity index (χ1v) is 6.41. The molecule has 1 fully saturated rings. The molecule has 1 aliphatic carbocycles. The van der Waals surface area contributed by atoms with E-state index in [4.69, 9.17) is 22.1 Å². The molecule has 0 saturated heterocycles. The first kappa shape index (κ1) is 12.9. The van der Waals surface area contributed by atoms with Crippen molar-refractivity contribution in [1.82, 2.24) is 9.78 Å². The molecule has 0 spiro atoms. The fourth-order valence-electron chi connectivity index (χ4n) is 2.81. The zero-order chi connectivity index (χ0) is 12.5. The summed E-state index contributed by atoms with van der Waals surface area (Å²) in [6.45, 7) is 3.61. The minimum atomic E-state index is 0.0563. The van der Waals surface area contributed by atoms with Crippen LogP contribution in [0.2, 0.25) is 5.02 Å². The third-order valence-electron chi connectivity index (χ3n) is 3.65. The summed E-state index contributed by atoms with van der Waals surface area (Å²) < 4.78 is 7.06. The molecule has 5 heteroatoms. The second-order valence-electron chi connectivity index (χ2n) is 5.12. The van der Waals surface area contributed by atoms with Gasteiger partial charge >= 0.3 is 0 Å². The Morgan fingerprint density at radius 1 is 1.71 bits per heavy atom. The third-order valence-corrected chi connectivity index (χ3v) is 3.93. The monoisotopic (exact) mass is 257 g/mol. The highest BCUT2D eigenvalue weighted by atomic mass is 35.5. The molecule has 1 aromatic rings. The van der Waals surface area contributed by atoms with E-state index in [0.717, 1.165) is 36.5 Å². The Bertz CT molecular complexity index is 393. The third kappa shape index (κ3) is 2.49. The summed E-state index contributed by atoms with van der Waals surface area (Å²) in [5.74, 6) is 0. The van der Waals surface area contributed by atoms with Gasteiger partial charge in [-0.25, -0.2) is 0 Å². The predicted octanol–water partition coefficient (Wildman–Crippen LogP) is 1.95. The highest BCUT2D eigenvalue weighted by Crippen LogP contribution is 2.42. The average Bonchev–Trinajstić information content (AvgIpc) is 2.80. The lowest BCUT2D eigenvalue weighted by Gasteiger charge is -2.25. The van der Waals surface area contributed by atoms with Crippen LogP contribution in [0.3, 0.4) is 0 Å². The zero-order valence-electron chi connectivity index (χ0n) is 10.4. The van der Waals surface area contributed by atoms with E-state index >= 15 is 0 Å². The second kappa shape index (κ2) is 4.96. The number of ether oxygens (including phenoxy) is 1. The largest absolute Gasteiger partial charge is 0.383 e. The molecule has 96 valence electrons. The quantitative estimate of drug-likeness (QED) is 0.897. The summed E-state index contributed by atoms with van der Waals surface area (Å²) >= 11 is 6.28. The summed E-state index contributed by atoms with van der Waals surface area (Å²) in [4.78, 5) is 0. The minimum absolute atomic E-state index is 0.0563. The number of nitrogens with zero attached hydrogens (tertiary/aromatic N) is 2. The van der Waals surface area contributed by atoms with E-state index in [0.29, 0.717) is 6.61 Å². The molecule has 1 saturated carbocycles. The van der Waals surface area contributed by atoms with Gasteiger partial charge in [-0.05, 0) is 19.3 Å². The van der Waals surface area contributed by atoms with Crippen molar-refractivity contribution in [3.8, 4) is 0 Å². The normalized spacial score (nSPS) is 28.8. The molecule has 1 aromatic heterocycles. The lowest BCUT2D eigenvalue weighted by Crippen LogP contribution is -2.27. The number of hydrogen-bond acceptors (Lipinski definition) is 3. The van der Waals surface area contributed by atoms with Crippen LogP contribution < -0.4 is 5.73 Å². The van der Waals surface area contributed by atoms with Crippen LogP contribution >= 0.6 is 11.6 Å². The summed E-state index contributed by atoms with van der Waals surface area (Å²) in [7, 11) is 1.69. The predicted molar refractivity (Wildman–Crippen MR) is 68.3 cm³/mol. The molecule has 0 aliphatic heterocycles. The summed E-state index contributed by atoms with van der Waals surface area (Å²) in [6.07, 6.45) is 4.84. The minimum Gasteiger partial charge on any atom is -0.383 e. The zero-order valence-corrected chi connectivity index (χ0v) is 11.2. The Morgan fingerprint density at radius 3 is 3.06 bits per heavy atom. The standard InChI is InChI=1S/C12H20ClN3O/c1-12(4-3-9(14)7-12)11-10(13)8-15-16(11)5-6-17-2/h8-9H,3-7,14H2,1-2H3. The highest BCUT2D eigenvalue weighted by Gasteiger charge is 2.39. The van der Waals surface area contributed by atoms with Gasteiger partial charge in [-0.3, -0.25) is 4.68 Å². The van der Waals surface area contributed by atoms with Gasteiger partial charge in [-0.1, -0.05) is 18.5 Å². The van der Waals surface area contributed by atoms with Gasteiger partial charge in [0.1, 0.15) is 0 Å². The molecule has 2 atom stereocenters. The maximum absolute atomic E-state index is 6.28. The maximum atomic E-state index is 6.28. The maximum Gasteiger partial charge on any atom is 0.0823 e. The van der Waals surface area contributed by atoms with E-state index in [1.165, 1.54) is 0 Å². The Labute approximate surface area is 107 Å². The fraction of sp³-hybridized carbons (Fsp3) is 0.750. The lowest BCUT2D eigenvalue weighted by molar-refractivity contribution is 0.180. The number of hydrogen-bond donors (Lipinski definition) is 1. The van der Waals surface area contributed by atoms with Crippen molar-refractivity contribution in [3.05, 3.63) is 16.9 Å². The SMILES string of the molecule is COCCn1ncc(Cl)c1C1(C)CCC(N)C1. The molecule has 0 aromatic carbocycles. The van der Waals surface area contributed by atoms with Gasteiger partial charge in [-0.15, -0.1) is 0 Å².